The zero-order valence-corrected chi connectivity index (χ0v) is 9.74. The minimum absolute atomic E-state index is 0.127. The van der Waals surface area contributed by atoms with Gasteiger partial charge in [-0.3, -0.25) is 4.79 Å². The van der Waals surface area contributed by atoms with Crippen LogP contribution in [0.3, 0.4) is 0 Å². The molecule has 2 fully saturated rings. The average molecular weight is 235 g/mol. The van der Waals surface area contributed by atoms with E-state index in [-0.39, 0.29) is 5.91 Å². The molecule has 1 aromatic heterocycles. The Labute approximate surface area is 99.9 Å². The van der Waals surface area contributed by atoms with Crippen molar-refractivity contribution in [3.05, 3.63) is 17.5 Å². The van der Waals surface area contributed by atoms with E-state index in [4.69, 9.17) is 4.52 Å². The molecule has 0 bridgehead atoms. The van der Waals surface area contributed by atoms with Gasteiger partial charge in [-0.2, -0.15) is 0 Å². The number of rotatable bonds is 6. The van der Waals surface area contributed by atoms with Gasteiger partial charge >= 0.3 is 0 Å². The van der Waals surface area contributed by atoms with Crippen molar-refractivity contribution in [2.45, 2.75) is 38.3 Å². The minimum Gasteiger partial charge on any atom is -0.359 e. The zero-order chi connectivity index (χ0) is 11.7. The Hall–Kier alpha value is -1.36. The Bertz CT molecular complexity index is 408. The molecule has 0 aromatic carbocycles. The number of carbonyl (C=O) groups is 1. The van der Waals surface area contributed by atoms with Crippen molar-refractivity contribution in [2.75, 3.05) is 6.54 Å². The summed E-state index contributed by atoms with van der Waals surface area (Å²) < 4.78 is 5.11. The summed E-state index contributed by atoms with van der Waals surface area (Å²) >= 11 is 0. The fourth-order valence-corrected chi connectivity index (χ4v) is 1.69. The maximum Gasteiger partial charge on any atom is 0.273 e. The van der Waals surface area contributed by atoms with Crippen LogP contribution in [0.4, 0.5) is 0 Å². The fraction of sp³-hybridized carbons (Fsp3) is 0.667. The van der Waals surface area contributed by atoms with E-state index in [2.05, 4.69) is 15.8 Å². The SMILES string of the molecule is O=C(NCC1CC1)c1cc(CNC2CC2)on1. The Balaban J connectivity index is 1.48. The van der Waals surface area contributed by atoms with Crippen molar-refractivity contribution in [2.24, 2.45) is 5.92 Å². The molecule has 2 N–H and O–H groups in total. The lowest BCUT2D eigenvalue weighted by atomic mass is 10.3. The predicted octanol–water partition coefficient (Wildman–Crippen LogP) is 1.07. The average Bonchev–Trinajstić information content (AvgIpc) is 3.24. The standard InChI is InChI=1S/C12H17N3O2/c16-12(14-6-8-1-2-8)11-5-10(17-15-11)7-13-9-3-4-9/h5,8-9,13H,1-4,6-7H2,(H,14,16). The van der Waals surface area contributed by atoms with Crippen molar-refractivity contribution >= 4 is 5.91 Å². The highest BCUT2D eigenvalue weighted by atomic mass is 16.5. The van der Waals surface area contributed by atoms with E-state index in [0.29, 0.717) is 24.2 Å². The molecule has 0 aliphatic heterocycles. The lowest BCUT2D eigenvalue weighted by molar-refractivity contribution is 0.0942. The van der Waals surface area contributed by atoms with Crippen LogP contribution >= 0.6 is 0 Å². The molecule has 3 rings (SSSR count). The first-order chi connectivity index (χ1) is 8.31. The number of nitrogens with one attached hydrogen (secondary N) is 2. The second-order valence-electron chi connectivity index (χ2n) is 4.99. The van der Waals surface area contributed by atoms with Gasteiger partial charge in [0.25, 0.3) is 5.91 Å². The molecule has 1 aromatic rings. The molecule has 0 spiro atoms. The van der Waals surface area contributed by atoms with E-state index in [9.17, 15) is 4.79 Å². The van der Waals surface area contributed by atoms with Gasteiger partial charge in [0.1, 0.15) is 0 Å². The third-order valence-corrected chi connectivity index (χ3v) is 3.18. The van der Waals surface area contributed by atoms with Crippen LogP contribution in [0.1, 0.15) is 41.9 Å². The number of nitrogens with zero attached hydrogens (tertiary/aromatic N) is 1. The van der Waals surface area contributed by atoms with Gasteiger partial charge in [-0.15, -0.1) is 0 Å². The quantitative estimate of drug-likeness (QED) is 0.774. The summed E-state index contributed by atoms with van der Waals surface area (Å²) in [5.41, 5.74) is 0.387. The van der Waals surface area contributed by atoms with Gasteiger partial charge in [-0.05, 0) is 31.6 Å². The monoisotopic (exact) mass is 235 g/mol. The fourth-order valence-electron chi connectivity index (χ4n) is 1.69. The first kappa shape index (κ1) is 10.8. The summed E-state index contributed by atoms with van der Waals surface area (Å²) in [6, 6.07) is 2.35. The predicted molar refractivity (Wildman–Crippen MR) is 61.4 cm³/mol. The number of hydrogen-bond donors (Lipinski definition) is 2. The molecule has 1 amide bonds. The van der Waals surface area contributed by atoms with Gasteiger partial charge in [0.05, 0.1) is 6.54 Å². The lowest BCUT2D eigenvalue weighted by Crippen LogP contribution is -2.25. The highest BCUT2D eigenvalue weighted by molar-refractivity contribution is 5.92. The molecule has 0 atom stereocenters. The summed E-state index contributed by atoms with van der Waals surface area (Å²) in [7, 11) is 0. The molecule has 2 aliphatic rings. The normalized spacial score (nSPS) is 19.3. The third-order valence-electron chi connectivity index (χ3n) is 3.18. The number of amides is 1. The van der Waals surface area contributed by atoms with E-state index in [0.717, 1.165) is 12.3 Å². The van der Waals surface area contributed by atoms with E-state index >= 15 is 0 Å². The second kappa shape index (κ2) is 4.49. The molecule has 0 saturated heterocycles. The molecular weight excluding hydrogens is 218 g/mol. The Morgan fingerprint density at radius 3 is 2.94 bits per heavy atom. The topological polar surface area (TPSA) is 67.2 Å². The zero-order valence-electron chi connectivity index (χ0n) is 9.74. The van der Waals surface area contributed by atoms with Crippen LogP contribution in [0.2, 0.25) is 0 Å². The number of aromatic nitrogens is 1. The van der Waals surface area contributed by atoms with Crippen LogP contribution in [0.25, 0.3) is 0 Å². The van der Waals surface area contributed by atoms with Crippen LogP contribution in [-0.2, 0) is 6.54 Å². The van der Waals surface area contributed by atoms with Crippen LogP contribution in [-0.4, -0.2) is 23.7 Å². The van der Waals surface area contributed by atoms with E-state index in [1.807, 2.05) is 0 Å². The van der Waals surface area contributed by atoms with Gasteiger partial charge in [-0.25, -0.2) is 0 Å². The molecule has 2 saturated carbocycles. The largest absolute Gasteiger partial charge is 0.359 e. The Morgan fingerprint density at radius 2 is 2.24 bits per heavy atom. The highest BCUT2D eigenvalue weighted by Crippen LogP contribution is 2.27. The van der Waals surface area contributed by atoms with Crippen molar-refractivity contribution in [3.63, 3.8) is 0 Å². The summed E-state index contributed by atoms with van der Waals surface area (Å²) in [5.74, 6) is 1.29. The lowest BCUT2D eigenvalue weighted by Gasteiger charge is -1.99. The van der Waals surface area contributed by atoms with Gasteiger partial charge in [0, 0.05) is 18.7 Å². The van der Waals surface area contributed by atoms with E-state index < -0.39 is 0 Å². The van der Waals surface area contributed by atoms with Gasteiger partial charge in [0.15, 0.2) is 11.5 Å². The molecule has 17 heavy (non-hydrogen) atoms. The third kappa shape index (κ3) is 3.06. The Kier molecular flexibility index (Phi) is 2.84. The minimum atomic E-state index is -0.127. The van der Waals surface area contributed by atoms with E-state index in [1.165, 1.54) is 25.7 Å². The van der Waals surface area contributed by atoms with Crippen molar-refractivity contribution in [1.82, 2.24) is 15.8 Å². The molecule has 1 heterocycles. The van der Waals surface area contributed by atoms with E-state index in [1.54, 1.807) is 6.07 Å². The maximum absolute atomic E-state index is 11.7. The van der Waals surface area contributed by atoms with Crippen molar-refractivity contribution in [3.8, 4) is 0 Å². The molecule has 2 aliphatic carbocycles. The van der Waals surface area contributed by atoms with Gasteiger partial charge in [-0.1, -0.05) is 5.16 Å². The molecule has 92 valence electrons. The first-order valence-electron chi connectivity index (χ1n) is 6.28. The smallest absolute Gasteiger partial charge is 0.273 e. The van der Waals surface area contributed by atoms with Crippen molar-refractivity contribution < 1.29 is 9.32 Å². The van der Waals surface area contributed by atoms with Crippen LogP contribution in [0.5, 0.6) is 0 Å². The number of hydrogen-bond acceptors (Lipinski definition) is 4. The second-order valence-corrected chi connectivity index (χ2v) is 4.99. The van der Waals surface area contributed by atoms with Crippen LogP contribution in [0.15, 0.2) is 10.6 Å². The first-order valence-corrected chi connectivity index (χ1v) is 6.28. The summed E-state index contributed by atoms with van der Waals surface area (Å²) in [5, 5.41) is 9.98. The van der Waals surface area contributed by atoms with Crippen LogP contribution in [0, 0.1) is 5.92 Å². The van der Waals surface area contributed by atoms with Crippen LogP contribution < -0.4 is 10.6 Å². The molecule has 5 nitrogen and oxygen atoms in total. The molecule has 0 radical (unpaired) electrons. The summed E-state index contributed by atoms with van der Waals surface area (Å²) in [4.78, 5) is 11.7. The van der Waals surface area contributed by atoms with Gasteiger partial charge < -0.3 is 15.2 Å². The number of carbonyl (C=O) groups excluding carboxylic acids is 1. The molecule has 5 heteroatoms. The summed E-state index contributed by atoms with van der Waals surface area (Å²) in [6.45, 7) is 1.43. The highest BCUT2D eigenvalue weighted by Gasteiger charge is 2.23. The molecular formula is C12H17N3O2. The summed E-state index contributed by atoms with van der Waals surface area (Å²) in [6.07, 6.45) is 4.94. The van der Waals surface area contributed by atoms with Gasteiger partial charge in [0.2, 0.25) is 0 Å². The molecule has 0 unspecified atom stereocenters. The maximum atomic E-state index is 11.7. The Morgan fingerprint density at radius 1 is 1.41 bits per heavy atom. The van der Waals surface area contributed by atoms with Crippen molar-refractivity contribution in [1.29, 1.82) is 0 Å².